The van der Waals surface area contributed by atoms with Gasteiger partial charge in [-0.1, -0.05) is 48.5 Å². The van der Waals surface area contributed by atoms with Gasteiger partial charge in [0.25, 0.3) is 0 Å². The third-order valence-corrected chi connectivity index (χ3v) is 4.22. The first-order chi connectivity index (χ1) is 12.2. The predicted octanol–water partition coefficient (Wildman–Crippen LogP) is 5.01. The molecule has 1 aromatic heterocycles. The summed E-state index contributed by atoms with van der Waals surface area (Å²) >= 11 is 0. The van der Waals surface area contributed by atoms with E-state index in [0.717, 1.165) is 16.5 Å². The summed E-state index contributed by atoms with van der Waals surface area (Å²) in [6.07, 6.45) is 0. The number of fused-ring (bicyclic) bond motifs is 1. The maximum absolute atomic E-state index is 14.0. The Morgan fingerprint density at radius 2 is 1.64 bits per heavy atom. The Hall–Kier alpha value is -3.58. The second kappa shape index (κ2) is 5.81. The second-order valence-corrected chi connectivity index (χ2v) is 5.69. The smallest absolute Gasteiger partial charge is 0.166 e. The van der Waals surface area contributed by atoms with Crippen LogP contribution in [0.25, 0.3) is 27.8 Å². The van der Waals surface area contributed by atoms with Gasteiger partial charge in [-0.05, 0) is 23.8 Å². The second-order valence-electron chi connectivity index (χ2n) is 5.69. The minimum atomic E-state index is -0.701. The number of benzene rings is 3. The summed E-state index contributed by atoms with van der Waals surface area (Å²) in [5, 5.41) is 20.1. The molecule has 0 fully saturated rings. The van der Waals surface area contributed by atoms with Crippen LogP contribution >= 0.6 is 0 Å². The highest BCUT2D eigenvalue weighted by atomic mass is 19.1. The van der Waals surface area contributed by atoms with Crippen molar-refractivity contribution in [3.05, 3.63) is 84.2 Å². The van der Waals surface area contributed by atoms with Crippen molar-refractivity contribution in [2.24, 2.45) is 0 Å². The van der Waals surface area contributed by atoms with Crippen LogP contribution in [0, 0.1) is 17.1 Å². The van der Waals surface area contributed by atoms with Crippen LogP contribution < -0.4 is 0 Å². The highest BCUT2D eigenvalue weighted by Gasteiger charge is 2.20. The molecule has 3 aromatic carbocycles. The molecule has 4 rings (SSSR count). The van der Waals surface area contributed by atoms with Gasteiger partial charge in [-0.3, -0.25) is 0 Å². The van der Waals surface area contributed by atoms with Crippen molar-refractivity contribution in [1.82, 2.24) is 4.57 Å². The summed E-state index contributed by atoms with van der Waals surface area (Å²) in [5.74, 6) is -1.10. The van der Waals surface area contributed by atoms with Crippen molar-refractivity contribution >= 4 is 10.9 Å². The van der Waals surface area contributed by atoms with E-state index < -0.39 is 11.6 Å². The fourth-order valence-electron chi connectivity index (χ4n) is 3.13. The third kappa shape index (κ3) is 2.34. The lowest BCUT2D eigenvalue weighted by atomic mass is 10.1. The molecular formula is C21H13FN2O. The van der Waals surface area contributed by atoms with E-state index in [1.54, 1.807) is 6.07 Å². The van der Waals surface area contributed by atoms with E-state index in [9.17, 15) is 14.8 Å². The van der Waals surface area contributed by atoms with Gasteiger partial charge in [-0.25, -0.2) is 4.39 Å². The molecule has 0 saturated heterocycles. The molecule has 120 valence electrons. The number of phenolic OH excluding ortho intramolecular Hbond substituents is 1. The lowest BCUT2D eigenvalue weighted by Gasteiger charge is -2.12. The van der Waals surface area contributed by atoms with Gasteiger partial charge in [0.15, 0.2) is 11.6 Å². The molecule has 0 bridgehead atoms. The fraction of sp³-hybridized carbons (Fsp3) is 0. The van der Waals surface area contributed by atoms with Crippen molar-refractivity contribution in [2.45, 2.75) is 0 Å². The normalized spacial score (nSPS) is 10.7. The van der Waals surface area contributed by atoms with Gasteiger partial charge in [0.05, 0.1) is 16.8 Å². The SMILES string of the molecule is N#Cc1c(-c2ccccc2)n(-c2ccc(O)c(F)c2)c2ccccc12. The summed E-state index contributed by atoms with van der Waals surface area (Å²) < 4.78 is 15.8. The summed E-state index contributed by atoms with van der Waals surface area (Å²) in [5.41, 5.74) is 3.46. The standard InChI is InChI=1S/C21H13FN2O/c22-18-12-15(10-11-20(18)25)24-19-9-5-4-8-16(19)17(13-23)21(24)14-6-2-1-3-7-14/h1-12,25H. The molecule has 0 aliphatic heterocycles. The molecule has 0 amide bonds. The Balaban J connectivity index is 2.16. The van der Waals surface area contributed by atoms with Crippen LogP contribution in [0.15, 0.2) is 72.8 Å². The van der Waals surface area contributed by atoms with Crippen molar-refractivity contribution < 1.29 is 9.50 Å². The first-order valence-corrected chi connectivity index (χ1v) is 7.78. The van der Waals surface area contributed by atoms with E-state index in [1.807, 2.05) is 59.2 Å². The Morgan fingerprint density at radius 1 is 0.920 bits per heavy atom. The van der Waals surface area contributed by atoms with Crippen LogP contribution in [0.4, 0.5) is 4.39 Å². The zero-order valence-corrected chi connectivity index (χ0v) is 13.1. The van der Waals surface area contributed by atoms with E-state index in [-0.39, 0.29) is 0 Å². The molecule has 1 heterocycles. The molecule has 0 spiro atoms. The molecular weight excluding hydrogens is 315 g/mol. The number of hydrogen-bond donors (Lipinski definition) is 1. The summed E-state index contributed by atoms with van der Waals surface area (Å²) in [6, 6.07) is 23.6. The minimum absolute atomic E-state index is 0.401. The molecule has 0 unspecified atom stereocenters. The van der Waals surface area contributed by atoms with Crippen LogP contribution in [0.5, 0.6) is 5.75 Å². The quantitative estimate of drug-likeness (QED) is 0.562. The van der Waals surface area contributed by atoms with Crippen molar-refractivity contribution in [3.63, 3.8) is 0 Å². The lowest BCUT2D eigenvalue weighted by Crippen LogP contribution is -1.98. The van der Waals surface area contributed by atoms with Gasteiger partial charge in [-0.15, -0.1) is 0 Å². The van der Waals surface area contributed by atoms with Gasteiger partial charge in [0.2, 0.25) is 0 Å². The zero-order valence-electron chi connectivity index (χ0n) is 13.1. The number of phenols is 1. The van der Waals surface area contributed by atoms with E-state index in [2.05, 4.69) is 6.07 Å². The van der Waals surface area contributed by atoms with Crippen LogP contribution in [0.2, 0.25) is 0 Å². The molecule has 1 N–H and O–H groups in total. The van der Waals surface area contributed by atoms with Crippen LogP contribution in [-0.4, -0.2) is 9.67 Å². The van der Waals surface area contributed by atoms with Gasteiger partial charge in [-0.2, -0.15) is 5.26 Å². The largest absolute Gasteiger partial charge is 0.505 e. The van der Waals surface area contributed by atoms with Crippen molar-refractivity contribution in [1.29, 1.82) is 5.26 Å². The molecule has 4 aromatic rings. The number of nitriles is 1. The van der Waals surface area contributed by atoms with Crippen LogP contribution in [0.1, 0.15) is 5.56 Å². The average molecular weight is 328 g/mol. The number of rotatable bonds is 2. The number of halogens is 1. The molecule has 25 heavy (non-hydrogen) atoms. The number of aromatic hydroxyl groups is 1. The Labute approximate surface area is 143 Å². The Morgan fingerprint density at radius 3 is 2.36 bits per heavy atom. The number of para-hydroxylation sites is 1. The van der Waals surface area contributed by atoms with Crippen LogP contribution in [0.3, 0.4) is 0 Å². The van der Waals surface area contributed by atoms with Gasteiger partial charge < -0.3 is 9.67 Å². The van der Waals surface area contributed by atoms with E-state index >= 15 is 0 Å². The molecule has 0 radical (unpaired) electrons. The maximum atomic E-state index is 14.0. The zero-order chi connectivity index (χ0) is 17.4. The monoisotopic (exact) mass is 328 g/mol. The number of nitrogens with zero attached hydrogens (tertiary/aromatic N) is 2. The Bertz CT molecular complexity index is 1120. The third-order valence-electron chi connectivity index (χ3n) is 4.22. The molecule has 0 aliphatic rings. The van der Waals surface area contributed by atoms with Gasteiger partial charge in [0, 0.05) is 17.1 Å². The summed E-state index contributed by atoms with van der Waals surface area (Å²) in [6.45, 7) is 0. The summed E-state index contributed by atoms with van der Waals surface area (Å²) in [7, 11) is 0. The predicted molar refractivity (Wildman–Crippen MR) is 95.0 cm³/mol. The summed E-state index contributed by atoms with van der Waals surface area (Å²) in [4.78, 5) is 0. The number of hydrogen-bond acceptors (Lipinski definition) is 2. The van der Waals surface area contributed by atoms with Crippen molar-refractivity contribution in [3.8, 4) is 28.8 Å². The van der Waals surface area contributed by atoms with Crippen molar-refractivity contribution in [2.75, 3.05) is 0 Å². The van der Waals surface area contributed by atoms with E-state index in [0.29, 0.717) is 16.9 Å². The molecule has 3 nitrogen and oxygen atoms in total. The van der Waals surface area contributed by atoms with Crippen LogP contribution in [-0.2, 0) is 0 Å². The topological polar surface area (TPSA) is 49.0 Å². The minimum Gasteiger partial charge on any atom is -0.505 e. The maximum Gasteiger partial charge on any atom is 0.166 e. The first-order valence-electron chi connectivity index (χ1n) is 7.78. The van der Waals surface area contributed by atoms with Gasteiger partial charge >= 0.3 is 0 Å². The van der Waals surface area contributed by atoms with E-state index in [1.165, 1.54) is 12.1 Å². The fourth-order valence-corrected chi connectivity index (χ4v) is 3.13. The van der Waals surface area contributed by atoms with Gasteiger partial charge in [0.1, 0.15) is 6.07 Å². The number of aromatic nitrogens is 1. The lowest BCUT2D eigenvalue weighted by molar-refractivity contribution is 0.432. The molecule has 0 saturated carbocycles. The van der Waals surface area contributed by atoms with E-state index in [4.69, 9.17) is 0 Å². The average Bonchev–Trinajstić information content (AvgIpc) is 2.99. The first kappa shape index (κ1) is 15.0. The molecule has 0 aliphatic carbocycles. The molecule has 4 heteroatoms. The highest BCUT2D eigenvalue weighted by molar-refractivity contribution is 5.96. The molecule has 0 atom stereocenters. The Kier molecular flexibility index (Phi) is 3.48. The highest BCUT2D eigenvalue weighted by Crippen LogP contribution is 2.36.